The van der Waals surface area contributed by atoms with Crippen LogP contribution in [-0.4, -0.2) is 9.97 Å². The van der Waals surface area contributed by atoms with Crippen LogP contribution in [0.15, 0.2) is 259 Å². The van der Waals surface area contributed by atoms with Crippen molar-refractivity contribution in [2.75, 3.05) is 0 Å². The minimum absolute atomic E-state index is 0.466. The molecule has 0 unspecified atom stereocenters. The number of hydrogen-bond acceptors (Lipinski definition) is 3. The molecule has 0 atom stereocenters. The Labute approximate surface area is 395 Å². The van der Waals surface area contributed by atoms with Crippen molar-refractivity contribution in [1.82, 2.24) is 9.97 Å². The molecule has 2 heterocycles. The Bertz CT molecular complexity index is 3740. The zero-order valence-electron chi connectivity index (χ0n) is 37.1. The molecule has 0 N–H and O–H groups in total. The zero-order valence-corrected chi connectivity index (χ0v) is 37.1. The Hall–Kier alpha value is -8.92. The molecule has 0 saturated carbocycles. The smallest absolute Gasteiger partial charge is 0.160 e. The molecule has 3 nitrogen and oxygen atoms in total. The van der Waals surface area contributed by atoms with Gasteiger partial charge >= 0.3 is 0 Å². The van der Waals surface area contributed by atoms with Gasteiger partial charge in [0.25, 0.3) is 0 Å². The SMILES string of the molecule is c1ccc(-c2cc(-c3cc(-c4ccc5oc6ccccc6c5c4)cc(-c4ccccc4-c4ccc5c(c4)-c4ccccc4C5(c4ccccc4)c4ccccc4)c3)nc(-c3ccccc3)n2)cc1. The van der Waals surface area contributed by atoms with E-state index < -0.39 is 5.41 Å². The lowest BCUT2D eigenvalue weighted by atomic mass is 9.67. The van der Waals surface area contributed by atoms with Crippen molar-refractivity contribution in [3.8, 4) is 78.4 Å². The third-order valence-electron chi connectivity index (χ3n) is 13.8. The summed E-state index contributed by atoms with van der Waals surface area (Å²) in [6, 6.07) is 91.4. The van der Waals surface area contributed by atoms with E-state index in [0.717, 1.165) is 83.4 Å². The van der Waals surface area contributed by atoms with Crippen LogP contribution in [-0.2, 0) is 5.41 Å². The Morgan fingerprint density at radius 3 is 1.51 bits per heavy atom. The summed E-state index contributed by atoms with van der Waals surface area (Å²) in [5.74, 6) is 0.682. The highest BCUT2D eigenvalue weighted by atomic mass is 16.3. The largest absolute Gasteiger partial charge is 0.456 e. The molecule has 10 aromatic carbocycles. The lowest BCUT2D eigenvalue weighted by Gasteiger charge is -2.33. The fourth-order valence-electron chi connectivity index (χ4n) is 10.7. The number of para-hydroxylation sites is 1. The highest BCUT2D eigenvalue weighted by Gasteiger charge is 2.46. The summed E-state index contributed by atoms with van der Waals surface area (Å²) >= 11 is 0. The van der Waals surface area contributed by atoms with Crippen molar-refractivity contribution < 1.29 is 4.42 Å². The lowest BCUT2D eigenvalue weighted by Crippen LogP contribution is -2.28. The van der Waals surface area contributed by atoms with Gasteiger partial charge in [0.15, 0.2) is 5.82 Å². The Morgan fingerprint density at radius 1 is 0.279 bits per heavy atom. The van der Waals surface area contributed by atoms with Gasteiger partial charge in [-0.05, 0) is 115 Å². The Balaban J connectivity index is 1.02. The number of fused-ring (bicyclic) bond motifs is 6. The van der Waals surface area contributed by atoms with E-state index in [2.05, 4.69) is 218 Å². The van der Waals surface area contributed by atoms with Gasteiger partial charge in [-0.1, -0.05) is 206 Å². The number of benzene rings is 10. The maximum atomic E-state index is 6.30. The summed E-state index contributed by atoms with van der Waals surface area (Å²) in [6.45, 7) is 0. The van der Waals surface area contributed by atoms with E-state index in [-0.39, 0.29) is 0 Å². The van der Waals surface area contributed by atoms with Gasteiger partial charge in [-0.2, -0.15) is 0 Å². The van der Waals surface area contributed by atoms with Gasteiger partial charge in [0, 0.05) is 27.5 Å². The van der Waals surface area contributed by atoms with Gasteiger partial charge in [0.05, 0.1) is 16.8 Å². The van der Waals surface area contributed by atoms with Gasteiger partial charge in [-0.15, -0.1) is 0 Å². The van der Waals surface area contributed by atoms with E-state index in [1.54, 1.807) is 0 Å². The van der Waals surface area contributed by atoms with E-state index in [1.165, 1.54) is 33.4 Å². The van der Waals surface area contributed by atoms with Gasteiger partial charge in [0.1, 0.15) is 11.2 Å². The fourth-order valence-corrected chi connectivity index (χ4v) is 10.7. The van der Waals surface area contributed by atoms with Crippen LogP contribution in [0, 0.1) is 0 Å². The van der Waals surface area contributed by atoms with Crippen LogP contribution in [0.2, 0.25) is 0 Å². The molecule has 0 amide bonds. The van der Waals surface area contributed by atoms with E-state index in [4.69, 9.17) is 14.4 Å². The molecule has 0 fully saturated rings. The Kier molecular flexibility index (Phi) is 9.40. The molecule has 0 spiro atoms. The van der Waals surface area contributed by atoms with Crippen molar-refractivity contribution in [3.05, 3.63) is 277 Å². The summed E-state index contributed by atoms with van der Waals surface area (Å²) in [6.07, 6.45) is 0. The number of rotatable bonds is 8. The first-order valence-electron chi connectivity index (χ1n) is 23.2. The molecule has 1 aliphatic rings. The molecule has 12 aromatic rings. The lowest BCUT2D eigenvalue weighted by molar-refractivity contribution is 0.669. The highest BCUT2D eigenvalue weighted by Crippen LogP contribution is 2.57. The topological polar surface area (TPSA) is 38.9 Å². The minimum atomic E-state index is -0.466. The van der Waals surface area contributed by atoms with Crippen LogP contribution in [0.5, 0.6) is 0 Å². The van der Waals surface area contributed by atoms with Gasteiger partial charge in [-0.25, -0.2) is 9.97 Å². The van der Waals surface area contributed by atoms with Crippen LogP contribution < -0.4 is 0 Å². The van der Waals surface area contributed by atoms with Crippen LogP contribution in [0.1, 0.15) is 22.3 Å². The monoisotopic (exact) mass is 866 g/mol. The quantitative estimate of drug-likeness (QED) is 0.153. The van der Waals surface area contributed by atoms with Crippen molar-refractivity contribution >= 4 is 21.9 Å². The fraction of sp³-hybridized carbons (Fsp3) is 0.0154. The predicted octanol–water partition coefficient (Wildman–Crippen LogP) is 16.7. The van der Waals surface area contributed by atoms with Gasteiger partial charge < -0.3 is 4.42 Å². The molecule has 68 heavy (non-hydrogen) atoms. The maximum absolute atomic E-state index is 6.30. The first-order valence-corrected chi connectivity index (χ1v) is 23.2. The molecule has 2 aromatic heterocycles. The Morgan fingerprint density at radius 2 is 0.794 bits per heavy atom. The summed E-state index contributed by atoms with van der Waals surface area (Å²) < 4.78 is 6.30. The van der Waals surface area contributed by atoms with Crippen LogP contribution in [0.4, 0.5) is 0 Å². The minimum Gasteiger partial charge on any atom is -0.456 e. The van der Waals surface area contributed by atoms with Crippen molar-refractivity contribution in [1.29, 1.82) is 0 Å². The molecular formula is C65H42N2O. The molecule has 3 heteroatoms. The second-order valence-electron chi connectivity index (χ2n) is 17.6. The molecule has 13 rings (SSSR count). The standard InChI is InChI=1S/C65H42N2O/c1-5-19-43(20-6-1)60-42-61(67-64(66-60)44-21-7-2-8-22-44)49-38-47(45-34-36-63-57(40-45)55-30-16-18-32-62(55)68-63)37-48(39-49)53-28-14-13-27-52(53)46-33-35-59-56(41-46)54-29-15-17-31-58(54)65(59,50-23-9-3-10-24-50)51-25-11-4-12-26-51/h1-42H. The van der Waals surface area contributed by atoms with E-state index in [1.807, 2.05) is 36.4 Å². The average Bonchev–Trinajstić information content (AvgIpc) is 3.95. The van der Waals surface area contributed by atoms with Crippen LogP contribution in [0.3, 0.4) is 0 Å². The van der Waals surface area contributed by atoms with Crippen molar-refractivity contribution in [2.45, 2.75) is 5.41 Å². The van der Waals surface area contributed by atoms with E-state index >= 15 is 0 Å². The molecule has 1 aliphatic carbocycles. The second kappa shape index (κ2) is 16.2. The maximum Gasteiger partial charge on any atom is 0.160 e. The molecule has 0 bridgehead atoms. The van der Waals surface area contributed by atoms with Crippen LogP contribution in [0.25, 0.3) is 100 Å². The van der Waals surface area contributed by atoms with Gasteiger partial charge in [-0.3, -0.25) is 0 Å². The van der Waals surface area contributed by atoms with E-state index in [0.29, 0.717) is 5.82 Å². The first-order chi connectivity index (χ1) is 33.7. The summed E-state index contributed by atoms with van der Waals surface area (Å²) in [5, 5.41) is 2.19. The highest BCUT2D eigenvalue weighted by molar-refractivity contribution is 6.06. The van der Waals surface area contributed by atoms with Crippen molar-refractivity contribution in [2.24, 2.45) is 0 Å². The summed E-state index contributed by atoms with van der Waals surface area (Å²) in [5.41, 5.74) is 20.3. The normalized spacial score (nSPS) is 12.5. The molecule has 0 saturated heterocycles. The number of furan rings is 1. The molecule has 0 aliphatic heterocycles. The van der Waals surface area contributed by atoms with Gasteiger partial charge in [0.2, 0.25) is 0 Å². The molecular weight excluding hydrogens is 825 g/mol. The first kappa shape index (κ1) is 39.4. The molecule has 0 radical (unpaired) electrons. The third kappa shape index (κ3) is 6.51. The number of aromatic nitrogens is 2. The van der Waals surface area contributed by atoms with Crippen LogP contribution >= 0.6 is 0 Å². The third-order valence-corrected chi connectivity index (χ3v) is 13.8. The van der Waals surface area contributed by atoms with Crippen molar-refractivity contribution in [3.63, 3.8) is 0 Å². The van der Waals surface area contributed by atoms with E-state index in [9.17, 15) is 0 Å². The predicted molar refractivity (Wildman–Crippen MR) is 279 cm³/mol. The average molecular weight is 867 g/mol. The number of hydrogen-bond donors (Lipinski definition) is 0. The second-order valence-corrected chi connectivity index (χ2v) is 17.6. The summed E-state index contributed by atoms with van der Waals surface area (Å²) in [7, 11) is 0. The zero-order chi connectivity index (χ0) is 45.0. The number of nitrogens with zero attached hydrogens (tertiary/aromatic N) is 2. The molecule has 318 valence electrons. The summed E-state index contributed by atoms with van der Waals surface area (Å²) in [4.78, 5) is 10.5.